The predicted molar refractivity (Wildman–Crippen MR) is 72.7 cm³/mol. The SMILES string of the molecule is COc1cc(Br)cc(C)c1NCc1csnn1. The molecule has 4 nitrogen and oxygen atoms in total. The third-order valence-electron chi connectivity index (χ3n) is 2.34. The molecule has 0 aliphatic heterocycles. The Morgan fingerprint density at radius 3 is 2.94 bits per heavy atom. The van der Waals surface area contributed by atoms with Crippen LogP contribution < -0.4 is 10.1 Å². The number of nitrogens with zero attached hydrogens (tertiary/aromatic N) is 2. The first-order chi connectivity index (χ1) is 8.20. The van der Waals surface area contributed by atoms with Crippen LogP contribution in [0.25, 0.3) is 0 Å². The van der Waals surface area contributed by atoms with Crippen LogP contribution in [0.1, 0.15) is 11.3 Å². The number of nitrogens with one attached hydrogen (secondary N) is 1. The van der Waals surface area contributed by atoms with Crippen molar-refractivity contribution < 1.29 is 4.74 Å². The highest BCUT2D eigenvalue weighted by atomic mass is 79.9. The molecule has 17 heavy (non-hydrogen) atoms. The zero-order valence-corrected chi connectivity index (χ0v) is 11.9. The standard InChI is InChI=1S/C11H12BrN3OS/c1-7-3-8(12)4-10(16-2)11(7)13-5-9-6-17-15-14-9/h3-4,6,13H,5H2,1-2H3. The van der Waals surface area contributed by atoms with E-state index in [9.17, 15) is 0 Å². The van der Waals surface area contributed by atoms with Crippen LogP contribution in [0, 0.1) is 6.92 Å². The topological polar surface area (TPSA) is 47.0 Å². The molecule has 90 valence electrons. The van der Waals surface area contributed by atoms with Gasteiger partial charge in [0.15, 0.2) is 0 Å². The molecule has 2 rings (SSSR count). The van der Waals surface area contributed by atoms with E-state index < -0.39 is 0 Å². The summed E-state index contributed by atoms with van der Waals surface area (Å²) in [6.07, 6.45) is 0. The van der Waals surface area contributed by atoms with Crippen molar-refractivity contribution >= 4 is 33.1 Å². The van der Waals surface area contributed by atoms with Crippen LogP contribution in [-0.2, 0) is 6.54 Å². The number of hydrogen-bond acceptors (Lipinski definition) is 5. The molecule has 0 atom stereocenters. The quantitative estimate of drug-likeness (QED) is 0.941. The summed E-state index contributed by atoms with van der Waals surface area (Å²) in [5, 5.41) is 9.23. The first-order valence-electron chi connectivity index (χ1n) is 5.04. The highest BCUT2D eigenvalue weighted by Crippen LogP contribution is 2.32. The Morgan fingerprint density at radius 1 is 1.47 bits per heavy atom. The summed E-state index contributed by atoms with van der Waals surface area (Å²) >= 11 is 4.80. The first kappa shape index (κ1) is 12.3. The Labute approximate surface area is 112 Å². The summed E-state index contributed by atoms with van der Waals surface area (Å²) in [6.45, 7) is 2.68. The van der Waals surface area contributed by atoms with Crippen molar-refractivity contribution in [1.82, 2.24) is 9.59 Å². The van der Waals surface area contributed by atoms with E-state index in [2.05, 4.69) is 30.8 Å². The van der Waals surface area contributed by atoms with Crippen LogP contribution >= 0.6 is 27.5 Å². The number of methoxy groups -OCH3 is 1. The lowest BCUT2D eigenvalue weighted by Gasteiger charge is -2.13. The fourth-order valence-electron chi connectivity index (χ4n) is 1.54. The zero-order valence-electron chi connectivity index (χ0n) is 9.53. The molecule has 0 spiro atoms. The zero-order chi connectivity index (χ0) is 12.3. The molecule has 0 saturated carbocycles. The second-order valence-electron chi connectivity index (χ2n) is 3.55. The number of halogens is 1. The third-order valence-corrected chi connectivity index (χ3v) is 3.35. The second kappa shape index (κ2) is 5.46. The van der Waals surface area contributed by atoms with Crippen LogP contribution in [0.2, 0.25) is 0 Å². The molecule has 0 unspecified atom stereocenters. The third kappa shape index (κ3) is 2.95. The number of aryl methyl sites for hydroxylation is 1. The molecule has 0 saturated heterocycles. The van der Waals surface area contributed by atoms with Gasteiger partial charge in [0.25, 0.3) is 0 Å². The monoisotopic (exact) mass is 313 g/mol. The van der Waals surface area contributed by atoms with Crippen LogP contribution in [-0.4, -0.2) is 16.7 Å². The number of anilines is 1. The molecule has 0 bridgehead atoms. The summed E-state index contributed by atoms with van der Waals surface area (Å²) in [5.74, 6) is 0.820. The maximum Gasteiger partial charge on any atom is 0.143 e. The van der Waals surface area contributed by atoms with Crippen LogP contribution in [0.3, 0.4) is 0 Å². The highest BCUT2D eigenvalue weighted by molar-refractivity contribution is 9.10. The molecular weight excluding hydrogens is 302 g/mol. The average Bonchev–Trinajstić information content (AvgIpc) is 2.79. The largest absolute Gasteiger partial charge is 0.495 e. The van der Waals surface area contributed by atoms with Crippen molar-refractivity contribution in [3.8, 4) is 5.75 Å². The maximum atomic E-state index is 5.35. The number of benzene rings is 1. The van der Waals surface area contributed by atoms with E-state index in [4.69, 9.17) is 4.74 Å². The lowest BCUT2D eigenvalue weighted by molar-refractivity contribution is 0.416. The van der Waals surface area contributed by atoms with Gasteiger partial charge in [-0.3, -0.25) is 0 Å². The highest BCUT2D eigenvalue weighted by Gasteiger charge is 2.08. The molecule has 1 N–H and O–H groups in total. The summed E-state index contributed by atoms with van der Waals surface area (Å²) in [4.78, 5) is 0. The molecule has 0 radical (unpaired) electrons. The van der Waals surface area contributed by atoms with Crippen LogP contribution in [0.15, 0.2) is 22.0 Å². The van der Waals surface area contributed by atoms with E-state index in [1.54, 1.807) is 7.11 Å². The molecule has 1 heterocycles. The van der Waals surface area contributed by atoms with Gasteiger partial charge < -0.3 is 10.1 Å². The maximum absolute atomic E-state index is 5.35. The predicted octanol–water partition coefficient (Wildman–Crippen LogP) is 3.23. The molecule has 0 aliphatic carbocycles. The van der Waals surface area contributed by atoms with Crippen molar-refractivity contribution in [2.24, 2.45) is 0 Å². The fraction of sp³-hybridized carbons (Fsp3) is 0.273. The molecule has 1 aromatic heterocycles. The molecule has 2 aromatic rings. The number of rotatable bonds is 4. The summed E-state index contributed by atoms with van der Waals surface area (Å²) in [6, 6.07) is 3.98. The van der Waals surface area contributed by atoms with Crippen molar-refractivity contribution in [2.45, 2.75) is 13.5 Å². The first-order valence-corrected chi connectivity index (χ1v) is 6.67. The minimum absolute atomic E-state index is 0.648. The van der Waals surface area contributed by atoms with Gasteiger partial charge in [-0.05, 0) is 36.2 Å². The van der Waals surface area contributed by atoms with Gasteiger partial charge in [0, 0.05) is 9.85 Å². The van der Waals surface area contributed by atoms with Crippen molar-refractivity contribution in [3.63, 3.8) is 0 Å². The number of ether oxygens (including phenoxy) is 1. The number of aromatic nitrogens is 2. The Kier molecular flexibility index (Phi) is 3.96. The lowest BCUT2D eigenvalue weighted by atomic mass is 10.2. The Morgan fingerprint density at radius 2 is 2.29 bits per heavy atom. The van der Waals surface area contributed by atoms with Crippen LogP contribution in [0.4, 0.5) is 5.69 Å². The van der Waals surface area contributed by atoms with E-state index in [1.807, 2.05) is 24.4 Å². The molecule has 6 heteroatoms. The average molecular weight is 314 g/mol. The van der Waals surface area contributed by atoms with Crippen molar-refractivity contribution in [1.29, 1.82) is 0 Å². The van der Waals surface area contributed by atoms with Gasteiger partial charge in [-0.25, -0.2) is 0 Å². The van der Waals surface area contributed by atoms with Gasteiger partial charge in [0.05, 0.1) is 25.0 Å². The van der Waals surface area contributed by atoms with Gasteiger partial charge in [-0.2, -0.15) is 0 Å². The van der Waals surface area contributed by atoms with Gasteiger partial charge in [-0.15, -0.1) is 5.10 Å². The summed E-state index contributed by atoms with van der Waals surface area (Å²) < 4.78 is 10.2. The smallest absolute Gasteiger partial charge is 0.143 e. The van der Waals surface area contributed by atoms with E-state index in [0.29, 0.717) is 6.54 Å². The molecule has 0 fully saturated rings. The minimum Gasteiger partial charge on any atom is -0.495 e. The summed E-state index contributed by atoms with van der Waals surface area (Å²) in [7, 11) is 1.66. The van der Waals surface area contributed by atoms with Crippen molar-refractivity contribution in [2.75, 3.05) is 12.4 Å². The van der Waals surface area contributed by atoms with E-state index in [-0.39, 0.29) is 0 Å². The van der Waals surface area contributed by atoms with Gasteiger partial charge >= 0.3 is 0 Å². The van der Waals surface area contributed by atoms with Gasteiger partial charge in [0.1, 0.15) is 5.75 Å². The molecule has 1 aromatic carbocycles. The fourth-order valence-corrected chi connectivity index (χ4v) is 2.54. The lowest BCUT2D eigenvalue weighted by Crippen LogP contribution is -2.03. The Bertz CT molecular complexity index is 502. The second-order valence-corrected chi connectivity index (χ2v) is 5.08. The van der Waals surface area contributed by atoms with E-state index >= 15 is 0 Å². The van der Waals surface area contributed by atoms with Crippen LogP contribution in [0.5, 0.6) is 5.75 Å². The van der Waals surface area contributed by atoms with Gasteiger partial charge in [0.2, 0.25) is 0 Å². The van der Waals surface area contributed by atoms with E-state index in [1.165, 1.54) is 11.5 Å². The molecule has 0 amide bonds. The van der Waals surface area contributed by atoms with Crippen molar-refractivity contribution in [3.05, 3.63) is 33.2 Å². The summed E-state index contributed by atoms with van der Waals surface area (Å²) in [5.41, 5.74) is 3.04. The van der Waals surface area contributed by atoms with Gasteiger partial charge in [-0.1, -0.05) is 20.4 Å². The van der Waals surface area contributed by atoms with E-state index in [0.717, 1.165) is 27.2 Å². The molecular formula is C11H12BrN3OS. The normalized spacial score (nSPS) is 10.3. The number of hydrogen-bond donors (Lipinski definition) is 1. The Balaban J connectivity index is 2.19. The molecule has 0 aliphatic rings. The Hall–Kier alpha value is -1.14. The minimum atomic E-state index is 0.648.